The lowest BCUT2D eigenvalue weighted by Crippen LogP contribution is -2.37. The maximum absolute atomic E-state index is 13.1. The Labute approximate surface area is 163 Å². The smallest absolute Gasteiger partial charge is 0.257 e. The molecule has 1 fully saturated rings. The zero-order chi connectivity index (χ0) is 19.9. The van der Waals surface area contributed by atoms with Gasteiger partial charge in [-0.2, -0.15) is 0 Å². The number of hydrogen-bond donors (Lipinski definition) is 2. The molecule has 1 heterocycles. The highest BCUT2D eigenvalue weighted by molar-refractivity contribution is 6.10. The molecule has 28 heavy (non-hydrogen) atoms. The molecule has 2 aromatic carbocycles. The molecule has 1 atom stereocenters. The summed E-state index contributed by atoms with van der Waals surface area (Å²) < 4.78 is 24.1. The van der Waals surface area contributed by atoms with E-state index >= 15 is 0 Å². The number of ether oxygens (including phenoxy) is 2. The Morgan fingerprint density at radius 1 is 1.29 bits per heavy atom. The molecule has 2 N–H and O–H groups in total. The second kappa shape index (κ2) is 9.32. The molecule has 0 aromatic heterocycles. The topological polar surface area (TPSA) is 71.9 Å². The summed E-state index contributed by atoms with van der Waals surface area (Å²) >= 11 is 0. The highest BCUT2D eigenvalue weighted by Gasteiger charge is 2.17. The van der Waals surface area contributed by atoms with Gasteiger partial charge >= 0.3 is 0 Å². The lowest BCUT2D eigenvalue weighted by molar-refractivity contribution is 0.0975. The molecule has 1 amide bonds. The summed E-state index contributed by atoms with van der Waals surface area (Å²) in [6, 6.07) is 11.0. The number of nitrogens with zero attached hydrogens (tertiary/aromatic N) is 1. The number of hydrogen-bond acceptors (Lipinski definition) is 4. The van der Waals surface area contributed by atoms with Crippen LogP contribution in [0, 0.1) is 12.7 Å². The van der Waals surface area contributed by atoms with Crippen LogP contribution in [0.4, 0.5) is 10.1 Å². The summed E-state index contributed by atoms with van der Waals surface area (Å²) in [5.74, 6) is 0.136. The number of halogens is 1. The Bertz CT molecular complexity index is 846. The van der Waals surface area contributed by atoms with Crippen LogP contribution in [0.25, 0.3) is 0 Å². The highest BCUT2D eigenvalue weighted by Crippen LogP contribution is 2.25. The summed E-state index contributed by atoms with van der Waals surface area (Å²) in [7, 11) is 1.58. The third-order valence-corrected chi connectivity index (χ3v) is 4.42. The highest BCUT2D eigenvalue weighted by atomic mass is 19.1. The number of anilines is 1. The molecular weight excluding hydrogens is 361 g/mol. The van der Waals surface area contributed by atoms with E-state index in [4.69, 9.17) is 9.47 Å². The predicted molar refractivity (Wildman–Crippen MR) is 106 cm³/mol. The van der Waals surface area contributed by atoms with Gasteiger partial charge in [-0.1, -0.05) is 6.07 Å². The van der Waals surface area contributed by atoms with Crippen molar-refractivity contribution in [1.29, 1.82) is 0 Å². The van der Waals surface area contributed by atoms with Crippen molar-refractivity contribution in [3.05, 3.63) is 59.4 Å². The van der Waals surface area contributed by atoms with Gasteiger partial charge in [0.1, 0.15) is 11.6 Å². The molecule has 6 nitrogen and oxygen atoms in total. The maximum Gasteiger partial charge on any atom is 0.257 e. The zero-order valence-corrected chi connectivity index (χ0v) is 16.0. The van der Waals surface area contributed by atoms with E-state index in [2.05, 4.69) is 15.6 Å². The fourth-order valence-corrected chi connectivity index (χ4v) is 2.92. The number of aliphatic imine (C=N–C) groups is 1. The van der Waals surface area contributed by atoms with Crippen LogP contribution in [-0.4, -0.2) is 38.2 Å². The Morgan fingerprint density at radius 2 is 2.07 bits per heavy atom. The van der Waals surface area contributed by atoms with E-state index in [1.807, 2.05) is 25.1 Å². The normalized spacial score (nSPS) is 16.7. The first-order valence-electron chi connectivity index (χ1n) is 9.20. The molecule has 1 aliphatic heterocycles. The summed E-state index contributed by atoms with van der Waals surface area (Å²) in [5.41, 5.74) is 2.06. The molecule has 2 aromatic rings. The van der Waals surface area contributed by atoms with E-state index in [1.54, 1.807) is 7.11 Å². The van der Waals surface area contributed by atoms with Gasteiger partial charge in [-0.15, -0.1) is 0 Å². The van der Waals surface area contributed by atoms with Crippen molar-refractivity contribution in [2.45, 2.75) is 25.9 Å². The van der Waals surface area contributed by atoms with Gasteiger partial charge in [-0.25, -0.2) is 9.38 Å². The minimum atomic E-state index is -0.397. The molecule has 3 rings (SSSR count). The number of benzene rings is 2. The number of carbonyl (C=O) groups is 1. The Kier molecular flexibility index (Phi) is 6.60. The predicted octanol–water partition coefficient (Wildman–Crippen LogP) is 3.52. The SMILES string of the molecule is COc1ccc(C)cc1NC(=NC[C@H]1CCCO1)NC(=O)c1ccc(F)cc1. The molecule has 0 bridgehead atoms. The number of methoxy groups -OCH3 is 1. The van der Waals surface area contributed by atoms with Gasteiger partial charge in [0.25, 0.3) is 5.91 Å². The fraction of sp³-hybridized carbons (Fsp3) is 0.333. The third-order valence-electron chi connectivity index (χ3n) is 4.42. The molecular formula is C21H24FN3O3. The Hall–Kier alpha value is -2.93. The van der Waals surface area contributed by atoms with Crippen molar-refractivity contribution in [1.82, 2.24) is 5.32 Å². The zero-order valence-electron chi connectivity index (χ0n) is 16.0. The molecule has 7 heteroatoms. The van der Waals surface area contributed by atoms with Gasteiger partial charge in [-0.3, -0.25) is 10.1 Å². The number of carbonyl (C=O) groups excluding carboxylic acids is 1. The number of nitrogens with one attached hydrogen (secondary N) is 2. The minimum absolute atomic E-state index is 0.0407. The lowest BCUT2D eigenvalue weighted by Gasteiger charge is -2.16. The van der Waals surface area contributed by atoms with Crippen molar-refractivity contribution in [3.63, 3.8) is 0 Å². The van der Waals surface area contributed by atoms with E-state index < -0.39 is 5.82 Å². The largest absolute Gasteiger partial charge is 0.495 e. The van der Waals surface area contributed by atoms with Gasteiger partial charge in [0.15, 0.2) is 0 Å². The average Bonchev–Trinajstić information content (AvgIpc) is 3.20. The van der Waals surface area contributed by atoms with Gasteiger partial charge in [0.2, 0.25) is 5.96 Å². The van der Waals surface area contributed by atoms with Crippen molar-refractivity contribution >= 4 is 17.6 Å². The van der Waals surface area contributed by atoms with Crippen LogP contribution < -0.4 is 15.4 Å². The van der Waals surface area contributed by atoms with Crippen LogP contribution in [-0.2, 0) is 4.74 Å². The van der Waals surface area contributed by atoms with Crippen LogP contribution >= 0.6 is 0 Å². The van der Waals surface area contributed by atoms with Crippen molar-refractivity contribution in [2.75, 3.05) is 25.6 Å². The summed E-state index contributed by atoms with van der Waals surface area (Å²) in [6.07, 6.45) is 1.99. The molecule has 0 saturated carbocycles. The van der Waals surface area contributed by atoms with E-state index in [1.165, 1.54) is 24.3 Å². The number of aryl methyl sites for hydroxylation is 1. The molecule has 148 valence electrons. The van der Waals surface area contributed by atoms with Crippen molar-refractivity contribution < 1.29 is 18.7 Å². The Morgan fingerprint density at radius 3 is 2.75 bits per heavy atom. The van der Waals surface area contributed by atoms with Gasteiger partial charge < -0.3 is 14.8 Å². The van der Waals surface area contributed by atoms with Crippen LogP contribution in [0.3, 0.4) is 0 Å². The average molecular weight is 385 g/mol. The lowest BCUT2D eigenvalue weighted by atomic mass is 10.2. The van der Waals surface area contributed by atoms with Crippen LogP contribution in [0.2, 0.25) is 0 Å². The first-order chi connectivity index (χ1) is 13.5. The fourth-order valence-electron chi connectivity index (χ4n) is 2.92. The number of amides is 1. The quantitative estimate of drug-likeness (QED) is 0.610. The number of guanidine groups is 1. The first kappa shape index (κ1) is 19.8. The molecule has 1 saturated heterocycles. The van der Waals surface area contributed by atoms with E-state index in [-0.39, 0.29) is 18.0 Å². The minimum Gasteiger partial charge on any atom is -0.495 e. The van der Waals surface area contributed by atoms with Crippen LogP contribution in [0.5, 0.6) is 5.75 Å². The van der Waals surface area contributed by atoms with E-state index in [0.29, 0.717) is 23.5 Å². The van der Waals surface area contributed by atoms with E-state index in [0.717, 1.165) is 25.0 Å². The molecule has 1 aliphatic rings. The van der Waals surface area contributed by atoms with Crippen LogP contribution in [0.15, 0.2) is 47.5 Å². The summed E-state index contributed by atoms with van der Waals surface area (Å²) in [4.78, 5) is 17.1. The first-order valence-corrected chi connectivity index (χ1v) is 9.20. The number of rotatable bonds is 5. The third kappa shape index (κ3) is 5.29. The second-order valence-corrected chi connectivity index (χ2v) is 6.61. The standard InChI is InChI=1S/C21H24FN3O3/c1-14-5-10-19(27-2)18(12-14)24-21(23-13-17-4-3-11-28-17)25-20(26)15-6-8-16(22)9-7-15/h5-10,12,17H,3-4,11,13H2,1-2H3,(H2,23,24,25,26)/t17-/m1/s1. The molecule has 0 unspecified atom stereocenters. The second-order valence-electron chi connectivity index (χ2n) is 6.61. The van der Waals surface area contributed by atoms with Crippen molar-refractivity contribution in [3.8, 4) is 5.75 Å². The molecule has 0 spiro atoms. The van der Waals surface area contributed by atoms with Crippen LogP contribution in [0.1, 0.15) is 28.8 Å². The van der Waals surface area contributed by atoms with Crippen molar-refractivity contribution in [2.24, 2.45) is 4.99 Å². The maximum atomic E-state index is 13.1. The van der Waals surface area contributed by atoms with Gasteiger partial charge in [0.05, 0.1) is 25.4 Å². The van der Waals surface area contributed by atoms with E-state index in [9.17, 15) is 9.18 Å². The molecule has 0 radical (unpaired) electrons. The monoisotopic (exact) mass is 385 g/mol. The summed E-state index contributed by atoms with van der Waals surface area (Å²) in [6.45, 7) is 3.13. The Balaban J connectivity index is 1.80. The molecule has 0 aliphatic carbocycles. The van der Waals surface area contributed by atoms with Gasteiger partial charge in [0, 0.05) is 12.2 Å². The van der Waals surface area contributed by atoms with Gasteiger partial charge in [-0.05, 0) is 61.7 Å². The summed E-state index contributed by atoms with van der Waals surface area (Å²) in [5, 5.41) is 5.90.